The Morgan fingerprint density at radius 1 is 1.33 bits per heavy atom. The number of hydrogen-bond acceptors (Lipinski definition) is 4. The summed E-state index contributed by atoms with van der Waals surface area (Å²) in [5, 5.41) is 8.98. The molecule has 0 aromatic carbocycles. The van der Waals surface area contributed by atoms with E-state index in [0.29, 0.717) is 0 Å². The number of H-pyrrole nitrogens is 2. The molecule has 98 valence electrons. The quantitative estimate of drug-likeness (QED) is 0.639. The Balaban J connectivity index is 3.20. The van der Waals surface area contributed by atoms with Crippen molar-refractivity contribution in [1.82, 2.24) is 14.9 Å². The van der Waals surface area contributed by atoms with Gasteiger partial charge in [-0.15, -0.1) is 0 Å². The second kappa shape index (κ2) is 4.47. The van der Waals surface area contributed by atoms with E-state index in [1.54, 1.807) is 0 Å². The highest BCUT2D eigenvalue weighted by Gasteiger charge is 2.36. The molecule has 0 aliphatic heterocycles. The molecular weight excluding hydrogens is 242 g/mol. The third-order valence-corrected chi connectivity index (χ3v) is 2.72. The van der Waals surface area contributed by atoms with Gasteiger partial charge >= 0.3 is 11.7 Å². The number of rotatable bonds is 3. The smallest absolute Gasteiger partial charge is 0.329 e. The molecule has 0 spiro atoms. The lowest BCUT2D eigenvalue weighted by Crippen LogP contribution is -2.52. The summed E-state index contributed by atoms with van der Waals surface area (Å²) in [4.78, 5) is 50.1. The van der Waals surface area contributed by atoms with Gasteiger partial charge in [0, 0.05) is 13.2 Å². The van der Waals surface area contributed by atoms with Crippen molar-refractivity contribution in [1.29, 1.82) is 0 Å². The number of carboxylic acid groups (broad SMARTS) is 1. The van der Waals surface area contributed by atoms with E-state index in [1.807, 2.05) is 4.98 Å². The van der Waals surface area contributed by atoms with Crippen LogP contribution < -0.4 is 11.2 Å². The molecule has 0 saturated heterocycles. The average molecular weight is 255 g/mol. The Kier molecular flexibility index (Phi) is 3.40. The summed E-state index contributed by atoms with van der Waals surface area (Å²) in [7, 11) is 1.26. The van der Waals surface area contributed by atoms with Gasteiger partial charge in [-0.25, -0.2) is 9.59 Å². The summed E-state index contributed by atoms with van der Waals surface area (Å²) in [5.74, 6) is -2.00. The molecular formula is C10H13N3O5. The molecule has 0 bridgehead atoms. The van der Waals surface area contributed by atoms with Crippen molar-refractivity contribution in [2.75, 3.05) is 7.05 Å². The monoisotopic (exact) mass is 255 g/mol. The van der Waals surface area contributed by atoms with Gasteiger partial charge in [0.2, 0.25) is 0 Å². The normalized spacial score (nSPS) is 11.1. The highest BCUT2D eigenvalue weighted by atomic mass is 16.4. The molecule has 0 aliphatic rings. The number of nitrogens with one attached hydrogen (secondary N) is 2. The van der Waals surface area contributed by atoms with Crippen molar-refractivity contribution in [3.63, 3.8) is 0 Å². The van der Waals surface area contributed by atoms with Crippen LogP contribution in [0.25, 0.3) is 0 Å². The van der Waals surface area contributed by atoms with Crippen molar-refractivity contribution in [3.8, 4) is 0 Å². The molecule has 8 nitrogen and oxygen atoms in total. The maximum atomic E-state index is 11.9. The Bertz CT molecular complexity index is 598. The van der Waals surface area contributed by atoms with Crippen molar-refractivity contribution < 1.29 is 14.7 Å². The first-order valence-electron chi connectivity index (χ1n) is 5.01. The fraction of sp³-hybridized carbons (Fsp3) is 0.400. The van der Waals surface area contributed by atoms with E-state index in [4.69, 9.17) is 5.11 Å². The number of carbonyl (C=O) groups is 2. The molecule has 0 fully saturated rings. The van der Waals surface area contributed by atoms with Gasteiger partial charge < -0.3 is 15.0 Å². The van der Waals surface area contributed by atoms with Crippen LogP contribution in [-0.2, 0) is 4.79 Å². The average Bonchev–Trinajstić information content (AvgIpc) is 2.26. The Hall–Kier alpha value is -2.38. The van der Waals surface area contributed by atoms with Crippen LogP contribution in [0.5, 0.6) is 0 Å². The fourth-order valence-corrected chi connectivity index (χ4v) is 1.15. The number of carboxylic acids is 1. The molecule has 1 rings (SSSR count). The first-order chi connectivity index (χ1) is 8.17. The maximum absolute atomic E-state index is 11.9. The highest BCUT2D eigenvalue weighted by Crippen LogP contribution is 2.14. The lowest BCUT2D eigenvalue weighted by atomic mass is 10.0. The summed E-state index contributed by atoms with van der Waals surface area (Å²) in [6.07, 6.45) is 0.956. The second-order valence-corrected chi connectivity index (χ2v) is 4.21. The van der Waals surface area contributed by atoms with Crippen LogP contribution in [0, 0.1) is 0 Å². The number of aromatic nitrogens is 2. The summed E-state index contributed by atoms with van der Waals surface area (Å²) in [5.41, 5.74) is -3.40. The topological polar surface area (TPSA) is 123 Å². The molecule has 0 saturated carbocycles. The minimum Gasteiger partial charge on any atom is -0.480 e. The highest BCUT2D eigenvalue weighted by molar-refractivity contribution is 5.96. The van der Waals surface area contributed by atoms with Gasteiger partial charge in [0.05, 0.1) is 0 Å². The zero-order chi connectivity index (χ0) is 14.1. The third-order valence-electron chi connectivity index (χ3n) is 2.72. The van der Waals surface area contributed by atoms with Gasteiger partial charge in [-0.05, 0) is 13.8 Å². The fourth-order valence-electron chi connectivity index (χ4n) is 1.15. The van der Waals surface area contributed by atoms with E-state index in [2.05, 4.69) is 4.98 Å². The van der Waals surface area contributed by atoms with Gasteiger partial charge in [0.25, 0.3) is 11.5 Å². The van der Waals surface area contributed by atoms with Crippen LogP contribution in [0.2, 0.25) is 0 Å². The second-order valence-electron chi connectivity index (χ2n) is 4.21. The molecule has 1 aromatic heterocycles. The lowest BCUT2D eigenvalue weighted by molar-refractivity contribution is -0.147. The summed E-state index contributed by atoms with van der Waals surface area (Å²) >= 11 is 0. The van der Waals surface area contributed by atoms with Crippen LogP contribution in [0.3, 0.4) is 0 Å². The number of amides is 1. The van der Waals surface area contributed by atoms with Crippen LogP contribution >= 0.6 is 0 Å². The van der Waals surface area contributed by atoms with Crippen LogP contribution in [0.1, 0.15) is 24.2 Å². The predicted molar refractivity (Wildman–Crippen MR) is 61.5 cm³/mol. The largest absolute Gasteiger partial charge is 0.480 e. The predicted octanol–water partition coefficient (Wildman–Crippen LogP) is -1.00. The Morgan fingerprint density at radius 2 is 1.89 bits per heavy atom. The van der Waals surface area contributed by atoms with E-state index in [1.165, 1.54) is 20.9 Å². The number of aromatic amines is 2. The van der Waals surface area contributed by atoms with E-state index < -0.39 is 28.7 Å². The van der Waals surface area contributed by atoms with E-state index in [0.717, 1.165) is 11.1 Å². The molecule has 18 heavy (non-hydrogen) atoms. The summed E-state index contributed by atoms with van der Waals surface area (Å²) in [6, 6.07) is 0. The molecule has 1 aromatic rings. The lowest BCUT2D eigenvalue weighted by Gasteiger charge is -2.31. The van der Waals surface area contributed by atoms with Crippen LogP contribution in [0.15, 0.2) is 15.8 Å². The molecule has 1 amide bonds. The Morgan fingerprint density at radius 3 is 2.33 bits per heavy atom. The van der Waals surface area contributed by atoms with Gasteiger partial charge in [-0.2, -0.15) is 0 Å². The SMILES string of the molecule is CN(C(=O)c1c[nH]c(=O)[nH]c1=O)C(C)(C)C(=O)O. The van der Waals surface area contributed by atoms with E-state index in [-0.39, 0.29) is 5.56 Å². The summed E-state index contributed by atoms with van der Waals surface area (Å²) < 4.78 is 0. The van der Waals surface area contributed by atoms with Crippen molar-refractivity contribution in [2.24, 2.45) is 0 Å². The first kappa shape index (κ1) is 13.7. The zero-order valence-electron chi connectivity index (χ0n) is 10.1. The van der Waals surface area contributed by atoms with Crippen molar-refractivity contribution >= 4 is 11.9 Å². The number of hydrogen-bond donors (Lipinski definition) is 3. The number of aliphatic carboxylic acids is 1. The van der Waals surface area contributed by atoms with Gasteiger partial charge in [-0.3, -0.25) is 14.6 Å². The van der Waals surface area contributed by atoms with Gasteiger partial charge in [0.1, 0.15) is 11.1 Å². The maximum Gasteiger partial charge on any atom is 0.329 e. The molecule has 3 N–H and O–H groups in total. The van der Waals surface area contributed by atoms with Crippen LogP contribution in [0.4, 0.5) is 0 Å². The molecule has 1 heterocycles. The van der Waals surface area contributed by atoms with Gasteiger partial charge in [0.15, 0.2) is 0 Å². The third kappa shape index (κ3) is 2.31. The minimum atomic E-state index is -1.47. The Labute approximate surface area is 101 Å². The molecule has 0 unspecified atom stereocenters. The van der Waals surface area contributed by atoms with E-state index in [9.17, 15) is 19.2 Å². The zero-order valence-corrected chi connectivity index (χ0v) is 10.1. The molecule has 0 atom stereocenters. The molecule has 8 heteroatoms. The number of carbonyl (C=O) groups excluding carboxylic acids is 1. The minimum absolute atomic E-state index is 0.327. The van der Waals surface area contributed by atoms with Gasteiger partial charge in [-0.1, -0.05) is 0 Å². The standard InChI is InChI=1S/C10H13N3O5/c1-10(2,8(16)17)13(3)7(15)5-4-11-9(18)12-6(5)14/h4H,1-3H3,(H,16,17)(H2,11,12,14,18). The number of nitrogens with zero attached hydrogens (tertiary/aromatic N) is 1. The van der Waals surface area contributed by atoms with Crippen LogP contribution in [-0.4, -0.2) is 44.4 Å². The van der Waals surface area contributed by atoms with Crippen molar-refractivity contribution in [2.45, 2.75) is 19.4 Å². The molecule has 0 aliphatic carbocycles. The van der Waals surface area contributed by atoms with E-state index >= 15 is 0 Å². The molecule has 0 radical (unpaired) electrons. The van der Waals surface area contributed by atoms with Crippen molar-refractivity contribution in [3.05, 3.63) is 32.6 Å². The summed E-state index contributed by atoms with van der Waals surface area (Å²) in [6.45, 7) is 2.65. The number of likely N-dealkylation sites (N-methyl/N-ethyl adjacent to an activating group) is 1. The first-order valence-corrected chi connectivity index (χ1v) is 5.01.